The average molecular weight is 274 g/mol. The fraction of sp³-hybridized carbons (Fsp3) is 0.200. The van der Waals surface area contributed by atoms with E-state index in [-0.39, 0.29) is 5.71 Å². The van der Waals surface area contributed by atoms with Crippen molar-refractivity contribution < 1.29 is 10.1 Å². The molecule has 0 saturated carbocycles. The maximum atomic E-state index is 9.95. The van der Waals surface area contributed by atoms with Crippen LogP contribution >= 0.6 is 0 Å². The third-order valence-electron chi connectivity index (χ3n) is 1.14. The fourth-order valence-electron chi connectivity index (χ4n) is 0.565. The third kappa shape index (κ3) is 9.60. The van der Waals surface area contributed by atoms with Crippen molar-refractivity contribution in [2.75, 3.05) is 0 Å². The van der Waals surface area contributed by atoms with Gasteiger partial charge in [0.25, 0.3) is 11.9 Å². The van der Waals surface area contributed by atoms with Crippen LogP contribution in [0.5, 0.6) is 0 Å². The van der Waals surface area contributed by atoms with Gasteiger partial charge in [0.1, 0.15) is 0 Å². The van der Waals surface area contributed by atoms with Crippen LogP contribution in [0, 0.1) is 20.2 Å². The van der Waals surface area contributed by atoms with Gasteiger partial charge in [-0.2, -0.15) is 10.2 Å². The van der Waals surface area contributed by atoms with E-state index >= 15 is 0 Å². The Morgan fingerprint density at radius 2 is 1.53 bits per heavy atom. The van der Waals surface area contributed by atoms with Crippen molar-refractivity contribution in [3.63, 3.8) is 0 Å². The van der Waals surface area contributed by atoms with Gasteiger partial charge in [-0.1, -0.05) is 10.9 Å². The van der Waals surface area contributed by atoms with E-state index in [9.17, 15) is 20.2 Å². The van der Waals surface area contributed by atoms with Crippen LogP contribution in [0.15, 0.2) is 20.4 Å². The van der Waals surface area contributed by atoms with Crippen LogP contribution < -0.4 is 22.3 Å². The van der Waals surface area contributed by atoms with Crippen molar-refractivity contribution in [3.8, 4) is 0 Å². The van der Waals surface area contributed by atoms with Crippen LogP contribution in [0.1, 0.15) is 6.92 Å². The van der Waals surface area contributed by atoms with Crippen molar-refractivity contribution in [2.45, 2.75) is 6.92 Å². The average Bonchev–Trinajstić information content (AvgIpc) is 2.24. The lowest BCUT2D eigenvalue weighted by Gasteiger charge is -1.92. The summed E-state index contributed by atoms with van der Waals surface area (Å²) in [5, 5.41) is 31.3. The number of guanidine groups is 2. The zero-order valence-electron chi connectivity index (χ0n) is 9.55. The molecule has 14 heteroatoms. The van der Waals surface area contributed by atoms with Crippen molar-refractivity contribution >= 4 is 23.8 Å². The SMILES string of the molecule is CC(C=N/N=C(\N)N[N+](=O)[O-])=N/N=C(\N)N[N+](=O)[O-]. The second-order valence-corrected chi connectivity index (χ2v) is 2.69. The van der Waals surface area contributed by atoms with Gasteiger partial charge in [-0.25, -0.2) is 20.2 Å². The van der Waals surface area contributed by atoms with Crippen LogP contribution in [0.2, 0.25) is 0 Å². The number of hydrazine groups is 2. The Bertz CT molecular complexity index is 465. The van der Waals surface area contributed by atoms with Crippen molar-refractivity contribution in [2.24, 2.45) is 31.9 Å². The molecule has 0 fully saturated rings. The van der Waals surface area contributed by atoms with E-state index in [4.69, 9.17) is 11.5 Å². The first-order valence-electron chi connectivity index (χ1n) is 4.37. The summed E-state index contributed by atoms with van der Waals surface area (Å²) in [6.45, 7) is 1.43. The Morgan fingerprint density at radius 3 is 2.00 bits per heavy atom. The predicted molar refractivity (Wildman–Crippen MR) is 65.1 cm³/mol. The molecule has 0 rings (SSSR count). The number of hydrogen-bond donors (Lipinski definition) is 4. The van der Waals surface area contributed by atoms with E-state index in [2.05, 4.69) is 20.4 Å². The molecule has 0 aromatic heterocycles. The van der Waals surface area contributed by atoms with Gasteiger partial charge in [0.15, 0.2) is 10.1 Å². The van der Waals surface area contributed by atoms with Crippen LogP contribution in [0.4, 0.5) is 0 Å². The molecule has 14 nitrogen and oxygen atoms in total. The summed E-state index contributed by atoms with van der Waals surface area (Å²) in [6, 6.07) is 0. The monoisotopic (exact) mass is 274 g/mol. The number of hydrogen-bond acceptors (Lipinski definition) is 8. The Balaban J connectivity index is 4.48. The van der Waals surface area contributed by atoms with Crippen LogP contribution in [-0.2, 0) is 0 Å². The Kier molecular flexibility index (Phi) is 6.50. The molecule has 0 aromatic rings. The maximum absolute atomic E-state index is 9.95. The second kappa shape index (κ2) is 7.87. The minimum Gasteiger partial charge on any atom is -0.364 e. The number of rotatable bonds is 5. The standard InChI is InChI=1S/C5H10N10O4/c1-3(9-11-5(7)13-15(18)19)2-8-10-4(6)12-14(16)17/h2H,1H3,(H3,6,10,12)(H3,7,11,13). The smallest absolute Gasteiger partial charge is 0.275 e. The molecule has 104 valence electrons. The Hall–Kier alpha value is -3.32. The first-order chi connectivity index (χ1) is 8.81. The largest absolute Gasteiger partial charge is 0.364 e. The highest BCUT2D eigenvalue weighted by atomic mass is 16.7. The molecule has 0 bridgehead atoms. The van der Waals surface area contributed by atoms with Gasteiger partial charge in [-0.3, -0.25) is 0 Å². The summed E-state index contributed by atoms with van der Waals surface area (Å²) in [4.78, 5) is 19.9. The van der Waals surface area contributed by atoms with Gasteiger partial charge in [0, 0.05) is 0 Å². The molecule has 0 aliphatic heterocycles. The van der Waals surface area contributed by atoms with Gasteiger partial charge in [-0.05, 0) is 6.92 Å². The van der Waals surface area contributed by atoms with Crippen molar-refractivity contribution in [3.05, 3.63) is 20.2 Å². The van der Waals surface area contributed by atoms with Gasteiger partial charge >= 0.3 is 0 Å². The van der Waals surface area contributed by atoms with Gasteiger partial charge < -0.3 is 11.5 Å². The molecule has 0 heterocycles. The van der Waals surface area contributed by atoms with Gasteiger partial charge in [0.2, 0.25) is 0 Å². The fourth-order valence-corrected chi connectivity index (χ4v) is 0.565. The minimum atomic E-state index is -0.913. The number of nitrogens with one attached hydrogen (secondary N) is 2. The number of nitro groups is 2. The number of nitrogens with zero attached hydrogens (tertiary/aromatic N) is 6. The number of nitrogens with two attached hydrogens (primary N) is 2. The summed E-state index contributed by atoms with van der Waals surface area (Å²) in [7, 11) is 0. The van der Waals surface area contributed by atoms with Gasteiger partial charge in [0.05, 0.1) is 11.9 Å². The van der Waals surface area contributed by atoms with E-state index in [1.165, 1.54) is 6.92 Å². The highest BCUT2D eigenvalue weighted by Crippen LogP contribution is 1.79. The van der Waals surface area contributed by atoms with E-state index in [0.29, 0.717) is 0 Å². The summed E-state index contributed by atoms with van der Waals surface area (Å²) >= 11 is 0. The minimum absolute atomic E-state index is 0.172. The normalized spacial score (nSPS) is 13.4. The van der Waals surface area contributed by atoms with Crippen LogP contribution in [0.3, 0.4) is 0 Å². The molecule has 0 radical (unpaired) electrons. The molecule has 0 spiro atoms. The molecular weight excluding hydrogens is 264 g/mol. The molecule has 0 aliphatic rings. The summed E-state index contributed by atoms with van der Waals surface area (Å²) in [5.41, 5.74) is 13.4. The van der Waals surface area contributed by atoms with Crippen LogP contribution in [-0.4, -0.2) is 33.9 Å². The first kappa shape index (κ1) is 15.7. The zero-order valence-corrected chi connectivity index (χ0v) is 9.55. The molecule has 0 aromatic carbocycles. The molecule has 0 unspecified atom stereocenters. The second-order valence-electron chi connectivity index (χ2n) is 2.69. The first-order valence-corrected chi connectivity index (χ1v) is 4.37. The molecule has 0 saturated heterocycles. The van der Waals surface area contributed by atoms with Crippen molar-refractivity contribution in [1.29, 1.82) is 0 Å². The predicted octanol–water partition coefficient (Wildman–Crippen LogP) is -2.46. The zero-order chi connectivity index (χ0) is 14.8. The van der Waals surface area contributed by atoms with Crippen molar-refractivity contribution in [1.82, 2.24) is 10.9 Å². The molecule has 6 N–H and O–H groups in total. The lowest BCUT2D eigenvalue weighted by atomic mass is 10.5. The third-order valence-corrected chi connectivity index (χ3v) is 1.14. The quantitative estimate of drug-likeness (QED) is 0.182. The lowest BCUT2D eigenvalue weighted by molar-refractivity contribution is -0.525. The molecule has 0 aliphatic carbocycles. The highest BCUT2D eigenvalue weighted by molar-refractivity contribution is 6.29. The van der Waals surface area contributed by atoms with E-state index in [0.717, 1.165) is 6.21 Å². The summed E-state index contributed by atoms with van der Waals surface area (Å²) in [5.74, 6) is -1.07. The van der Waals surface area contributed by atoms with E-state index in [1.807, 2.05) is 0 Å². The lowest BCUT2D eigenvalue weighted by Crippen LogP contribution is -2.35. The molecule has 0 amide bonds. The van der Waals surface area contributed by atoms with E-state index < -0.39 is 22.0 Å². The highest BCUT2D eigenvalue weighted by Gasteiger charge is 1.98. The van der Waals surface area contributed by atoms with Gasteiger partial charge in [-0.15, -0.1) is 10.2 Å². The Morgan fingerprint density at radius 1 is 1.05 bits per heavy atom. The van der Waals surface area contributed by atoms with E-state index in [1.54, 1.807) is 10.9 Å². The summed E-state index contributed by atoms with van der Waals surface area (Å²) < 4.78 is 0. The van der Waals surface area contributed by atoms with Crippen LogP contribution in [0.25, 0.3) is 0 Å². The molecular formula is C5H10N10O4. The molecule has 19 heavy (non-hydrogen) atoms. The Labute approximate surface area is 105 Å². The summed E-state index contributed by atoms with van der Waals surface area (Å²) in [6.07, 6.45) is 1.05. The molecule has 0 atom stereocenters. The maximum Gasteiger partial charge on any atom is 0.275 e. The topological polar surface area (TPSA) is 212 Å².